The van der Waals surface area contributed by atoms with Crippen molar-refractivity contribution in [1.29, 1.82) is 0 Å². The van der Waals surface area contributed by atoms with E-state index >= 15 is 0 Å². The number of rotatable bonds is 1. The first-order chi connectivity index (χ1) is 8.72. The summed E-state index contributed by atoms with van der Waals surface area (Å²) in [6, 6.07) is 8.16. The summed E-state index contributed by atoms with van der Waals surface area (Å²) >= 11 is 5.98. The first kappa shape index (κ1) is 12.0. The van der Waals surface area contributed by atoms with Crippen LogP contribution in [-0.2, 0) is 0 Å². The SMILES string of the molecule is CN1CCCNC(c2cc3ccc(Cl)cc3o2)C1. The average molecular weight is 265 g/mol. The highest BCUT2D eigenvalue weighted by molar-refractivity contribution is 6.31. The van der Waals surface area contributed by atoms with Gasteiger partial charge < -0.3 is 14.6 Å². The van der Waals surface area contributed by atoms with Gasteiger partial charge in [-0.2, -0.15) is 0 Å². The second-order valence-electron chi connectivity index (χ2n) is 4.95. The molecule has 1 aliphatic heterocycles. The molecule has 1 aromatic heterocycles. The van der Waals surface area contributed by atoms with Crippen LogP contribution in [-0.4, -0.2) is 31.6 Å². The Hall–Kier alpha value is -1.03. The van der Waals surface area contributed by atoms with Crippen LogP contribution in [0.3, 0.4) is 0 Å². The Morgan fingerprint density at radius 2 is 2.28 bits per heavy atom. The third-order valence-electron chi connectivity index (χ3n) is 3.45. The van der Waals surface area contributed by atoms with E-state index in [1.165, 1.54) is 6.42 Å². The van der Waals surface area contributed by atoms with E-state index in [2.05, 4.69) is 23.3 Å². The largest absolute Gasteiger partial charge is 0.459 e. The van der Waals surface area contributed by atoms with Crippen molar-refractivity contribution in [3.05, 3.63) is 35.0 Å². The summed E-state index contributed by atoms with van der Waals surface area (Å²) in [6.07, 6.45) is 1.18. The molecule has 0 radical (unpaired) electrons. The Labute approximate surface area is 112 Å². The van der Waals surface area contributed by atoms with Gasteiger partial charge in [0.2, 0.25) is 0 Å². The Morgan fingerprint density at radius 3 is 3.17 bits per heavy atom. The van der Waals surface area contributed by atoms with Gasteiger partial charge in [0.1, 0.15) is 11.3 Å². The van der Waals surface area contributed by atoms with Gasteiger partial charge in [-0.1, -0.05) is 11.6 Å². The molecule has 0 aliphatic carbocycles. The van der Waals surface area contributed by atoms with Crippen molar-refractivity contribution in [3.63, 3.8) is 0 Å². The highest BCUT2D eigenvalue weighted by Crippen LogP contribution is 2.27. The van der Waals surface area contributed by atoms with Gasteiger partial charge in [0, 0.05) is 23.0 Å². The molecule has 2 aromatic rings. The van der Waals surface area contributed by atoms with Crippen LogP contribution in [0.15, 0.2) is 28.7 Å². The maximum Gasteiger partial charge on any atom is 0.135 e. The Kier molecular flexibility index (Phi) is 3.29. The average Bonchev–Trinajstić information content (AvgIpc) is 2.63. The van der Waals surface area contributed by atoms with Crippen molar-refractivity contribution < 1.29 is 4.42 Å². The topological polar surface area (TPSA) is 28.4 Å². The van der Waals surface area contributed by atoms with Crippen LogP contribution >= 0.6 is 11.6 Å². The fourth-order valence-electron chi connectivity index (χ4n) is 2.48. The van der Waals surface area contributed by atoms with Gasteiger partial charge >= 0.3 is 0 Å². The first-order valence-corrected chi connectivity index (χ1v) is 6.71. The molecule has 96 valence electrons. The van der Waals surface area contributed by atoms with E-state index in [-0.39, 0.29) is 6.04 Å². The number of hydrogen-bond acceptors (Lipinski definition) is 3. The number of nitrogens with zero attached hydrogens (tertiary/aromatic N) is 1. The zero-order chi connectivity index (χ0) is 12.5. The van der Waals surface area contributed by atoms with Gasteiger partial charge in [-0.25, -0.2) is 0 Å². The molecular formula is C14H17ClN2O. The minimum absolute atomic E-state index is 0.267. The van der Waals surface area contributed by atoms with Crippen LogP contribution in [0.2, 0.25) is 5.02 Å². The fraction of sp³-hybridized carbons (Fsp3) is 0.429. The Balaban J connectivity index is 1.93. The maximum absolute atomic E-state index is 5.98. The third-order valence-corrected chi connectivity index (χ3v) is 3.68. The van der Waals surface area contributed by atoms with Crippen LogP contribution in [0, 0.1) is 0 Å². The molecule has 4 heteroatoms. The van der Waals surface area contributed by atoms with E-state index in [1.807, 2.05) is 18.2 Å². The smallest absolute Gasteiger partial charge is 0.135 e. The quantitative estimate of drug-likeness (QED) is 0.858. The molecule has 3 nitrogen and oxygen atoms in total. The van der Waals surface area contributed by atoms with Gasteiger partial charge in [-0.15, -0.1) is 0 Å². The summed E-state index contributed by atoms with van der Waals surface area (Å²) in [5, 5.41) is 5.37. The lowest BCUT2D eigenvalue weighted by molar-refractivity contribution is 0.308. The molecule has 0 bridgehead atoms. The highest BCUT2D eigenvalue weighted by atomic mass is 35.5. The minimum atomic E-state index is 0.267. The number of likely N-dealkylation sites (N-methyl/N-ethyl adjacent to an activating group) is 1. The van der Waals surface area contributed by atoms with Gasteiger partial charge in [0.15, 0.2) is 0 Å². The molecule has 2 heterocycles. The van der Waals surface area contributed by atoms with Crippen molar-refractivity contribution in [2.75, 3.05) is 26.7 Å². The number of benzene rings is 1. The predicted molar refractivity (Wildman–Crippen MR) is 74.1 cm³/mol. The third kappa shape index (κ3) is 2.39. The number of fused-ring (bicyclic) bond motifs is 1. The van der Waals surface area contributed by atoms with E-state index in [0.29, 0.717) is 5.02 Å². The molecule has 0 spiro atoms. The lowest BCUT2D eigenvalue weighted by atomic mass is 10.2. The number of nitrogens with one attached hydrogen (secondary N) is 1. The van der Waals surface area contributed by atoms with Crippen molar-refractivity contribution in [3.8, 4) is 0 Å². The number of hydrogen-bond donors (Lipinski definition) is 1. The summed E-state index contributed by atoms with van der Waals surface area (Å²) in [5.74, 6) is 1.00. The van der Waals surface area contributed by atoms with Crippen LogP contribution in [0.5, 0.6) is 0 Å². The Morgan fingerprint density at radius 1 is 1.39 bits per heavy atom. The monoisotopic (exact) mass is 264 g/mol. The van der Waals surface area contributed by atoms with Crippen molar-refractivity contribution in [2.45, 2.75) is 12.5 Å². The van der Waals surface area contributed by atoms with E-state index in [1.54, 1.807) is 0 Å². The van der Waals surface area contributed by atoms with E-state index < -0.39 is 0 Å². The van der Waals surface area contributed by atoms with Gasteiger partial charge in [-0.05, 0) is 44.8 Å². The molecule has 1 saturated heterocycles. The second kappa shape index (κ2) is 4.92. The molecule has 1 aromatic carbocycles. The minimum Gasteiger partial charge on any atom is -0.459 e. The van der Waals surface area contributed by atoms with Gasteiger partial charge in [0.05, 0.1) is 6.04 Å². The van der Waals surface area contributed by atoms with Crippen LogP contribution in [0.4, 0.5) is 0 Å². The summed E-state index contributed by atoms with van der Waals surface area (Å²) in [4.78, 5) is 2.34. The normalized spacial score (nSPS) is 22.2. The number of halogens is 1. The highest BCUT2D eigenvalue weighted by Gasteiger charge is 2.20. The van der Waals surface area contributed by atoms with Crippen molar-refractivity contribution >= 4 is 22.6 Å². The molecule has 1 N–H and O–H groups in total. The standard InChI is InChI=1S/C14H17ClN2O/c1-17-6-2-5-16-12(9-17)14-7-10-3-4-11(15)8-13(10)18-14/h3-4,7-8,12,16H,2,5-6,9H2,1H3. The molecule has 1 aliphatic rings. The molecule has 0 saturated carbocycles. The van der Waals surface area contributed by atoms with E-state index in [4.69, 9.17) is 16.0 Å². The fourth-order valence-corrected chi connectivity index (χ4v) is 2.64. The van der Waals surface area contributed by atoms with Crippen molar-refractivity contribution in [2.24, 2.45) is 0 Å². The van der Waals surface area contributed by atoms with E-state index in [0.717, 1.165) is 36.4 Å². The lowest BCUT2D eigenvalue weighted by Gasteiger charge is -2.18. The molecular weight excluding hydrogens is 248 g/mol. The summed E-state index contributed by atoms with van der Waals surface area (Å²) in [7, 11) is 2.15. The van der Waals surface area contributed by atoms with Gasteiger partial charge in [0.25, 0.3) is 0 Å². The molecule has 0 amide bonds. The first-order valence-electron chi connectivity index (χ1n) is 6.33. The maximum atomic E-state index is 5.98. The summed E-state index contributed by atoms with van der Waals surface area (Å²) in [6.45, 7) is 3.15. The molecule has 18 heavy (non-hydrogen) atoms. The van der Waals surface area contributed by atoms with Crippen LogP contribution in [0.25, 0.3) is 11.0 Å². The second-order valence-corrected chi connectivity index (χ2v) is 5.39. The zero-order valence-corrected chi connectivity index (χ0v) is 11.2. The van der Waals surface area contributed by atoms with Gasteiger partial charge in [-0.3, -0.25) is 0 Å². The number of furan rings is 1. The van der Waals surface area contributed by atoms with Crippen LogP contribution < -0.4 is 5.32 Å². The molecule has 1 unspecified atom stereocenters. The molecule has 3 rings (SSSR count). The molecule has 1 atom stereocenters. The van der Waals surface area contributed by atoms with E-state index in [9.17, 15) is 0 Å². The summed E-state index contributed by atoms with van der Waals surface area (Å²) < 4.78 is 5.92. The zero-order valence-electron chi connectivity index (χ0n) is 10.4. The Bertz CT molecular complexity index is 552. The molecule has 1 fully saturated rings. The van der Waals surface area contributed by atoms with Crippen molar-refractivity contribution in [1.82, 2.24) is 10.2 Å². The predicted octanol–water partition coefficient (Wildman–Crippen LogP) is 3.05. The summed E-state index contributed by atoms with van der Waals surface area (Å²) in [5.41, 5.74) is 0.867. The van der Waals surface area contributed by atoms with Crippen LogP contribution in [0.1, 0.15) is 18.2 Å². The lowest BCUT2D eigenvalue weighted by Crippen LogP contribution is -2.28.